The molecule has 28 heavy (non-hydrogen) atoms. The van der Waals surface area contributed by atoms with Gasteiger partial charge in [0, 0.05) is 12.8 Å². The quantitative estimate of drug-likeness (QED) is 0.675. The topological polar surface area (TPSA) is 98.8 Å². The molecule has 0 aliphatic heterocycles. The van der Waals surface area contributed by atoms with Gasteiger partial charge in [-0.3, -0.25) is 4.79 Å². The van der Waals surface area contributed by atoms with Crippen molar-refractivity contribution in [1.29, 1.82) is 0 Å². The van der Waals surface area contributed by atoms with Gasteiger partial charge in [-0.15, -0.1) is 0 Å². The molecule has 1 atom stereocenters. The van der Waals surface area contributed by atoms with E-state index in [1.54, 1.807) is 7.11 Å². The number of amides is 1. The van der Waals surface area contributed by atoms with Crippen LogP contribution >= 0.6 is 0 Å². The fourth-order valence-electron chi connectivity index (χ4n) is 2.40. The number of rotatable bonds is 8. The SMILES string of the molecule is COc1ccc(CCNC(=O)[C@@H](C)OC(=O)c2cccc(S(C)(=O)=O)c2)cc1. The van der Waals surface area contributed by atoms with Gasteiger partial charge in [-0.2, -0.15) is 0 Å². The van der Waals surface area contributed by atoms with E-state index in [0.29, 0.717) is 13.0 Å². The van der Waals surface area contributed by atoms with E-state index < -0.39 is 27.8 Å². The highest BCUT2D eigenvalue weighted by Crippen LogP contribution is 2.13. The van der Waals surface area contributed by atoms with Gasteiger partial charge in [-0.05, 0) is 49.2 Å². The van der Waals surface area contributed by atoms with Gasteiger partial charge >= 0.3 is 5.97 Å². The zero-order valence-electron chi connectivity index (χ0n) is 16.0. The Morgan fingerprint density at radius 2 is 1.79 bits per heavy atom. The second-order valence-electron chi connectivity index (χ2n) is 6.24. The third kappa shape index (κ3) is 6.09. The molecule has 2 aromatic carbocycles. The number of carbonyl (C=O) groups excluding carboxylic acids is 2. The second-order valence-corrected chi connectivity index (χ2v) is 8.25. The van der Waals surface area contributed by atoms with Crippen molar-refractivity contribution in [3.8, 4) is 5.75 Å². The number of sulfone groups is 1. The number of hydrogen-bond acceptors (Lipinski definition) is 6. The maximum Gasteiger partial charge on any atom is 0.338 e. The van der Waals surface area contributed by atoms with E-state index in [2.05, 4.69) is 5.32 Å². The van der Waals surface area contributed by atoms with E-state index in [0.717, 1.165) is 17.6 Å². The fraction of sp³-hybridized carbons (Fsp3) is 0.300. The summed E-state index contributed by atoms with van der Waals surface area (Å²) >= 11 is 0. The highest BCUT2D eigenvalue weighted by Gasteiger charge is 2.19. The minimum atomic E-state index is -3.44. The molecule has 0 saturated heterocycles. The molecule has 0 bridgehead atoms. The van der Waals surface area contributed by atoms with Gasteiger partial charge < -0.3 is 14.8 Å². The lowest BCUT2D eigenvalue weighted by atomic mass is 10.1. The molecule has 0 aliphatic carbocycles. The molecule has 7 nitrogen and oxygen atoms in total. The van der Waals surface area contributed by atoms with Crippen LogP contribution in [0.2, 0.25) is 0 Å². The minimum Gasteiger partial charge on any atom is -0.497 e. The molecular formula is C20H23NO6S. The first kappa shape index (κ1) is 21.4. The van der Waals surface area contributed by atoms with Crippen LogP contribution in [0, 0.1) is 0 Å². The van der Waals surface area contributed by atoms with Crippen molar-refractivity contribution in [2.75, 3.05) is 19.9 Å². The van der Waals surface area contributed by atoms with Crippen molar-refractivity contribution >= 4 is 21.7 Å². The Hall–Kier alpha value is -2.87. The van der Waals surface area contributed by atoms with E-state index >= 15 is 0 Å². The summed E-state index contributed by atoms with van der Waals surface area (Å²) in [4.78, 5) is 24.3. The highest BCUT2D eigenvalue weighted by atomic mass is 32.2. The summed E-state index contributed by atoms with van der Waals surface area (Å²) in [7, 11) is -1.85. The number of esters is 1. The predicted molar refractivity (Wildman–Crippen MR) is 104 cm³/mol. The molecule has 0 heterocycles. The minimum absolute atomic E-state index is 0.0125. The molecule has 1 amide bonds. The van der Waals surface area contributed by atoms with Crippen molar-refractivity contribution in [2.24, 2.45) is 0 Å². The summed E-state index contributed by atoms with van der Waals surface area (Å²) in [5, 5.41) is 2.71. The lowest BCUT2D eigenvalue weighted by molar-refractivity contribution is -0.129. The molecule has 0 aliphatic rings. The van der Waals surface area contributed by atoms with Crippen LogP contribution in [-0.4, -0.2) is 46.3 Å². The Balaban J connectivity index is 1.86. The molecule has 0 aromatic heterocycles. The molecule has 0 radical (unpaired) electrons. The molecule has 150 valence electrons. The number of benzene rings is 2. The van der Waals surface area contributed by atoms with Crippen LogP contribution in [0.1, 0.15) is 22.8 Å². The third-order valence-electron chi connectivity index (χ3n) is 4.02. The first-order chi connectivity index (χ1) is 13.2. The van der Waals surface area contributed by atoms with Crippen molar-refractivity contribution in [2.45, 2.75) is 24.3 Å². The van der Waals surface area contributed by atoms with Crippen LogP contribution in [0.4, 0.5) is 0 Å². The number of methoxy groups -OCH3 is 1. The second kappa shape index (κ2) is 9.36. The van der Waals surface area contributed by atoms with Crippen LogP contribution < -0.4 is 10.1 Å². The van der Waals surface area contributed by atoms with Crippen molar-refractivity contribution in [3.05, 3.63) is 59.7 Å². The van der Waals surface area contributed by atoms with Crippen molar-refractivity contribution in [1.82, 2.24) is 5.32 Å². The maximum absolute atomic E-state index is 12.2. The maximum atomic E-state index is 12.2. The van der Waals surface area contributed by atoms with Crippen molar-refractivity contribution in [3.63, 3.8) is 0 Å². The van der Waals surface area contributed by atoms with E-state index in [4.69, 9.17) is 9.47 Å². The van der Waals surface area contributed by atoms with E-state index in [-0.39, 0.29) is 10.5 Å². The summed E-state index contributed by atoms with van der Waals surface area (Å²) in [6.07, 6.45) is 0.661. The summed E-state index contributed by atoms with van der Waals surface area (Å²) < 4.78 is 33.4. The highest BCUT2D eigenvalue weighted by molar-refractivity contribution is 7.90. The largest absolute Gasteiger partial charge is 0.497 e. The van der Waals surface area contributed by atoms with E-state index in [9.17, 15) is 18.0 Å². The lowest BCUT2D eigenvalue weighted by Crippen LogP contribution is -2.36. The van der Waals surface area contributed by atoms with Gasteiger partial charge in [-0.1, -0.05) is 18.2 Å². The molecular weight excluding hydrogens is 382 g/mol. The molecule has 0 fully saturated rings. The average Bonchev–Trinajstić information content (AvgIpc) is 2.67. The van der Waals surface area contributed by atoms with Crippen molar-refractivity contribution < 1.29 is 27.5 Å². The normalized spacial score (nSPS) is 12.1. The smallest absolute Gasteiger partial charge is 0.338 e. The number of hydrogen-bond donors (Lipinski definition) is 1. The summed E-state index contributed by atoms with van der Waals surface area (Å²) in [6, 6.07) is 13.0. The molecule has 1 N–H and O–H groups in total. The van der Waals surface area contributed by atoms with E-state index in [1.165, 1.54) is 31.2 Å². The molecule has 0 saturated carbocycles. The van der Waals surface area contributed by atoms with E-state index in [1.807, 2.05) is 24.3 Å². The van der Waals surface area contributed by atoms with Gasteiger partial charge in [0.25, 0.3) is 5.91 Å². The first-order valence-electron chi connectivity index (χ1n) is 8.62. The molecule has 8 heteroatoms. The predicted octanol–water partition coefficient (Wildman–Crippen LogP) is 2.00. The Morgan fingerprint density at radius 1 is 1.11 bits per heavy atom. The van der Waals surface area contributed by atoms with Crippen LogP contribution in [-0.2, 0) is 25.8 Å². The summed E-state index contributed by atoms with van der Waals surface area (Å²) in [5.41, 5.74) is 1.10. The van der Waals surface area contributed by atoms with Crippen LogP contribution in [0.3, 0.4) is 0 Å². The number of nitrogens with one attached hydrogen (secondary N) is 1. The van der Waals surface area contributed by atoms with Gasteiger partial charge in [-0.25, -0.2) is 13.2 Å². The first-order valence-corrected chi connectivity index (χ1v) is 10.5. The zero-order chi connectivity index (χ0) is 20.7. The monoisotopic (exact) mass is 405 g/mol. The van der Waals surface area contributed by atoms with Crippen LogP contribution in [0.15, 0.2) is 53.4 Å². The third-order valence-corrected chi connectivity index (χ3v) is 5.13. The molecule has 0 spiro atoms. The van der Waals surface area contributed by atoms with Crippen LogP contribution in [0.5, 0.6) is 5.75 Å². The molecule has 2 rings (SSSR count). The Kier molecular flexibility index (Phi) is 7.17. The molecule has 0 unspecified atom stereocenters. The zero-order valence-corrected chi connectivity index (χ0v) is 16.8. The Labute approximate surface area is 164 Å². The average molecular weight is 405 g/mol. The fourth-order valence-corrected chi connectivity index (χ4v) is 3.07. The molecule has 2 aromatic rings. The van der Waals surface area contributed by atoms with Gasteiger partial charge in [0.2, 0.25) is 0 Å². The van der Waals surface area contributed by atoms with Crippen LogP contribution in [0.25, 0.3) is 0 Å². The Morgan fingerprint density at radius 3 is 2.39 bits per heavy atom. The lowest BCUT2D eigenvalue weighted by Gasteiger charge is -2.14. The summed E-state index contributed by atoms with van der Waals surface area (Å²) in [6.45, 7) is 1.84. The summed E-state index contributed by atoms with van der Waals surface area (Å²) in [5.74, 6) is -0.433. The van der Waals surface area contributed by atoms with Gasteiger partial charge in [0.15, 0.2) is 15.9 Å². The van der Waals surface area contributed by atoms with Gasteiger partial charge in [0.1, 0.15) is 5.75 Å². The van der Waals surface area contributed by atoms with Gasteiger partial charge in [0.05, 0.1) is 17.6 Å². The standard InChI is InChI=1S/C20H23NO6S/c1-14(19(22)21-12-11-15-7-9-17(26-2)10-8-15)27-20(23)16-5-4-6-18(13-16)28(3,24)25/h4-10,13-14H,11-12H2,1-3H3,(H,21,22)/t14-/m1/s1. The number of carbonyl (C=O) groups is 2. The number of ether oxygens (including phenoxy) is 2. The Bertz CT molecular complexity index is 937.